The van der Waals surface area contributed by atoms with Gasteiger partial charge in [0, 0.05) is 18.8 Å². The third-order valence-corrected chi connectivity index (χ3v) is 2.62. The van der Waals surface area contributed by atoms with Crippen LogP contribution in [0.2, 0.25) is 0 Å². The minimum absolute atomic E-state index is 0.122. The molecule has 1 fully saturated rings. The Labute approximate surface area is 74.0 Å². The lowest BCUT2D eigenvalue weighted by Crippen LogP contribution is -2.43. The fraction of sp³-hybridized carbons (Fsp3) is 1.00. The third kappa shape index (κ3) is 2.65. The van der Waals surface area contributed by atoms with E-state index in [2.05, 4.69) is 24.5 Å². The summed E-state index contributed by atoms with van der Waals surface area (Å²) in [5.74, 6) is 1.37. The maximum atomic E-state index is 9.51. The van der Waals surface area contributed by atoms with Crippen molar-refractivity contribution < 1.29 is 5.11 Å². The molecule has 1 heterocycles. The second kappa shape index (κ2) is 4.33. The van der Waals surface area contributed by atoms with Crippen LogP contribution in [0.25, 0.3) is 0 Å². The molecule has 0 aromatic carbocycles. The number of β-amino-alcohol motifs (C(OH)–C–C–N with tert-alkyl or cyclic N) is 1. The van der Waals surface area contributed by atoms with E-state index in [1.165, 1.54) is 0 Å². The van der Waals surface area contributed by atoms with E-state index < -0.39 is 0 Å². The molecular weight excluding hydrogens is 158 g/mol. The zero-order chi connectivity index (χ0) is 8.27. The van der Waals surface area contributed by atoms with Crippen molar-refractivity contribution >= 4 is 12.6 Å². The van der Waals surface area contributed by atoms with Crippen LogP contribution in [-0.2, 0) is 0 Å². The van der Waals surface area contributed by atoms with E-state index in [4.69, 9.17) is 0 Å². The molecule has 2 atom stereocenters. The number of hydrogen-bond donors (Lipinski definition) is 2. The van der Waals surface area contributed by atoms with Crippen molar-refractivity contribution in [2.75, 3.05) is 25.4 Å². The zero-order valence-electron chi connectivity index (χ0n) is 7.03. The number of hydrogen-bond acceptors (Lipinski definition) is 3. The Morgan fingerprint density at radius 1 is 1.64 bits per heavy atom. The number of piperidine rings is 1. The highest BCUT2D eigenvalue weighted by Gasteiger charge is 2.23. The van der Waals surface area contributed by atoms with Crippen molar-refractivity contribution in [1.29, 1.82) is 0 Å². The maximum absolute atomic E-state index is 9.51. The van der Waals surface area contributed by atoms with Crippen molar-refractivity contribution in [2.24, 2.45) is 5.92 Å². The van der Waals surface area contributed by atoms with Crippen LogP contribution < -0.4 is 0 Å². The Kier molecular flexibility index (Phi) is 3.69. The van der Waals surface area contributed by atoms with Gasteiger partial charge >= 0.3 is 0 Å². The monoisotopic (exact) mass is 175 g/mol. The van der Waals surface area contributed by atoms with Crippen LogP contribution in [0, 0.1) is 5.92 Å². The highest BCUT2D eigenvalue weighted by Crippen LogP contribution is 2.16. The molecule has 66 valence electrons. The van der Waals surface area contributed by atoms with E-state index in [0.717, 1.165) is 31.8 Å². The van der Waals surface area contributed by atoms with Crippen LogP contribution in [0.15, 0.2) is 0 Å². The van der Waals surface area contributed by atoms with Crippen LogP contribution in [0.1, 0.15) is 13.3 Å². The van der Waals surface area contributed by atoms with E-state index in [9.17, 15) is 5.11 Å². The molecule has 11 heavy (non-hydrogen) atoms. The summed E-state index contributed by atoms with van der Waals surface area (Å²) in [4.78, 5) is 2.28. The summed E-state index contributed by atoms with van der Waals surface area (Å²) < 4.78 is 0. The first kappa shape index (κ1) is 9.36. The Morgan fingerprint density at radius 2 is 2.36 bits per heavy atom. The molecule has 0 aromatic heterocycles. The van der Waals surface area contributed by atoms with Crippen LogP contribution in [0.3, 0.4) is 0 Å². The largest absolute Gasteiger partial charge is 0.392 e. The first-order valence-corrected chi connectivity index (χ1v) is 4.88. The predicted molar refractivity (Wildman–Crippen MR) is 50.1 cm³/mol. The van der Waals surface area contributed by atoms with Crippen molar-refractivity contribution in [3.8, 4) is 0 Å². The molecule has 0 radical (unpaired) electrons. The molecule has 1 aliphatic rings. The number of likely N-dealkylation sites (tertiary alicyclic amines) is 1. The first-order chi connectivity index (χ1) is 5.24. The Morgan fingerprint density at radius 3 is 2.91 bits per heavy atom. The van der Waals surface area contributed by atoms with Crippen LogP contribution >= 0.6 is 12.6 Å². The van der Waals surface area contributed by atoms with Gasteiger partial charge in [0.1, 0.15) is 0 Å². The zero-order valence-corrected chi connectivity index (χ0v) is 7.93. The average Bonchev–Trinajstić information content (AvgIpc) is 1.98. The summed E-state index contributed by atoms with van der Waals surface area (Å²) in [7, 11) is 0. The molecular formula is C8H17NOS. The summed E-state index contributed by atoms with van der Waals surface area (Å²) in [5.41, 5.74) is 0. The van der Waals surface area contributed by atoms with Crippen molar-refractivity contribution in [1.82, 2.24) is 4.90 Å². The van der Waals surface area contributed by atoms with Gasteiger partial charge in [0.2, 0.25) is 0 Å². The van der Waals surface area contributed by atoms with E-state index in [-0.39, 0.29) is 6.10 Å². The number of thiol groups is 1. The third-order valence-electron chi connectivity index (χ3n) is 2.42. The molecule has 1 N–H and O–H groups in total. The minimum atomic E-state index is -0.122. The molecule has 0 spiro atoms. The smallest absolute Gasteiger partial charge is 0.0693 e. The molecule has 0 bridgehead atoms. The predicted octanol–water partition coefficient (Wildman–Crippen LogP) is 0.619. The molecule has 3 heteroatoms. The maximum Gasteiger partial charge on any atom is 0.0693 e. The molecule has 0 amide bonds. The first-order valence-electron chi connectivity index (χ1n) is 4.25. The molecule has 1 saturated heterocycles. The Balaban J connectivity index is 2.28. The normalized spacial score (nSPS) is 34.1. The van der Waals surface area contributed by atoms with Gasteiger partial charge in [-0.1, -0.05) is 6.92 Å². The molecule has 2 nitrogen and oxygen atoms in total. The topological polar surface area (TPSA) is 23.5 Å². The van der Waals surface area contributed by atoms with E-state index >= 15 is 0 Å². The van der Waals surface area contributed by atoms with Crippen LogP contribution in [0.4, 0.5) is 0 Å². The van der Waals surface area contributed by atoms with Gasteiger partial charge in [-0.15, -0.1) is 0 Å². The summed E-state index contributed by atoms with van der Waals surface area (Å²) >= 11 is 4.16. The van der Waals surface area contributed by atoms with Gasteiger partial charge in [-0.25, -0.2) is 0 Å². The fourth-order valence-electron chi connectivity index (χ4n) is 1.46. The summed E-state index contributed by atoms with van der Waals surface area (Å²) in [5, 5.41) is 9.51. The summed E-state index contributed by atoms with van der Waals surface area (Å²) in [6, 6.07) is 0. The van der Waals surface area contributed by atoms with Crippen molar-refractivity contribution in [2.45, 2.75) is 19.4 Å². The highest BCUT2D eigenvalue weighted by atomic mass is 32.1. The SMILES string of the molecule is CC1CCN(CCS)CC1O. The van der Waals surface area contributed by atoms with Gasteiger partial charge in [0.15, 0.2) is 0 Å². The fourth-order valence-corrected chi connectivity index (χ4v) is 1.74. The molecule has 0 saturated carbocycles. The highest BCUT2D eigenvalue weighted by molar-refractivity contribution is 7.80. The number of aliphatic hydroxyl groups excluding tert-OH is 1. The van der Waals surface area contributed by atoms with E-state index in [0.29, 0.717) is 5.92 Å². The lowest BCUT2D eigenvalue weighted by Gasteiger charge is -2.33. The Hall–Kier alpha value is 0.270. The van der Waals surface area contributed by atoms with Gasteiger partial charge in [-0.2, -0.15) is 12.6 Å². The molecule has 0 aromatic rings. The number of nitrogens with zero attached hydrogens (tertiary/aromatic N) is 1. The number of rotatable bonds is 2. The molecule has 1 aliphatic heterocycles. The van der Waals surface area contributed by atoms with Crippen LogP contribution in [0.5, 0.6) is 0 Å². The molecule has 1 rings (SSSR count). The van der Waals surface area contributed by atoms with E-state index in [1.807, 2.05) is 0 Å². The van der Waals surface area contributed by atoms with Gasteiger partial charge < -0.3 is 5.11 Å². The minimum Gasteiger partial charge on any atom is -0.392 e. The van der Waals surface area contributed by atoms with Crippen molar-refractivity contribution in [3.05, 3.63) is 0 Å². The quantitative estimate of drug-likeness (QED) is 0.601. The van der Waals surface area contributed by atoms with Gasteiger partial charge in [0.25, 0.3) is 0 Å². The Bertz CT molecular complexity index is 121. The molecule has 0 aliphatic carbocycles. The molecule has 2 unspecified atom stereocenters. The van der Waals surface area contributed by atoms with Gasteiger partial charge in [-0.05, 0) is 18.9 Å². The van der Waals surface area contributed by atoms with E-state index in [1.54, 1.807) is 0 Å². The van der Waals surface area contributed by atoms with Gasteiger partial charge in [-0.3, -0.25) is 4.90 Å². The lowest BCUT2D eigenvalue weighted by molar-refractivity contribution is 0.0321. The van der Waals surface area contributed by atoms with Gasteiger partial charge in [0.05, 0.1) is 6.10 Å². The van der Waals surface area contributed by atoms with Crippen LogP contribution in [-0.4, -0.2) is 41.5 Å². The second-order valence-corrected chi connectivity index (χ2v) is 3.80. The second-order valence-electron chi connectivity index (χ2n) is 3.36. The summed E-state index contributed by atoms with van der Waals surface area (Å²) in [6.07, 6.45) is 0.998. The van der Waals surface area contributed by atoms with Crippen molar-refractivity contribution in [3.63, 3.8) is 0 Å². The average molecular weight is 175 g/mol. The number of aliphatic hydroxyl groups is 1. The standard InChI is InChI=1S/C8H17NOS/c1-7-2-3-9(4-5-11)6-8(7)10/h7-8,10-11H,2-6H2,1H3. The lowest BCUT2D eigenvalue weighted by atomic mass is 9.96. The summed E-state index contributed by atoms with van der Waals surface area (Å²) in [6.45, 7) is 5.08.